The van der Waals surface area contributed by atoms with Crippen molar-refractivity contribution in [1.29, 1.82) is 0 Å². The van der Waals surface area contributed by atoms with Crippen molar-refractivity contribution >= 4 is 46.4 Å². The zero-order chi connectivity index (χ0) is 31.9. The zero-order valence-electron chi connectivity index (χ0n) is 26.7. The molecule has 0 saturated carbocycles. The number of rotatable bonds is 4. The fraction of sp³-hybridized carbons (Fsp3) is 0. The molecule has 2 aliphatic heterocycles. The number of hydrogen-bond acceptors (Lipinski definition) is 2. The van der Waals surface area contributed by atoms with Crippen LogP contribution in [0.25, 0.3) is 85.4 Å². The molecule has 0 unspecified atom stereocenters. The molecule has 4 nitrogen and oxygen atoms in total. The molecule has 0 aliphatic carbocycles. The van der Waals surface area contributed by atoms with Gasteiger partial charge in [0.25, 0.3) is 0 Å². The van der Waals surface area contributed by atoms with Crippen LogP contribution in [0.4, 0.5) is 0 Å². The van der Waals surface area contributed by atoms with Crippen molar-refractivity contribution in [3.8, 4) is 39.1 Å². The molecule has 1 radical (unpaired) electrons. The summed E-state index contributed by atoms with van der Waals surface area (Å²) in [5, 5.41) is 0. The molecule has 5 heteroatoms. The Morgan fingerprint density at radius 3 is 1.49 bits per heavy atom. The number of para-hydroxylation sites is 1. The van der Waals surface area contributed by atoms with Gasteiger partial charge >= 0.3 is 0 Å². The molecule has 0 amide bonds. The summed E-state index contributed by atoms with van der Waals surface area (Å²) in [5.74, 6) is 0. The second kappa shape index (κ2) is 13.3. The first-order valence-corrected chi connectivity index (χ1v) is 16.2. The molecule has 1 N–H and O–H groups in total. The van der Waals surface area contributed by atoms with Crippen LogP contribution in [0.2, 0.25) is 0 Å². The van der Waals surface area contributed by atoms with Crippen LogP contribution in [0.5, 0.6) is 0 Å². The number of H-pyrrole nitrogens is 1. The third-order valence-corrected chi connectivity index (χ3v) is 8.87. The normalized spacial score (nSPS) is 11.8. The number of fused-ring (bicyclic) bond motifs is 8. The molecule has 0 atom stereocenters. The Morgan fingerprint density at radius 2 is 0.898 bits per heavy atom. The minimum atomic E-state index is 0. The number of nitrogens with one attached hydrogen (secondary N) is 1. The van der Waals surface area contributed by atoms with Gasteiger partial charge in [-0.2, -0.15) is 0 Å². The van der Waals surface area contributed by atoms with Crippen LogP contribution < -0.4 is 0 Å². The summed E-state index contributed by atoms with van der Waals surface area (Å²) in [7, 11) is 0. The standard InChI is InChI=1S/C44H30N4.La/c1-5-13-30(14-6-1)41-39-26-25-36(47-39)28-35-22-21-33(45-35)27-34-23-24-37(46-34)29-40-42(31-15-7-2-8-16-31)43(32-17-9-3-10-18-32)44(41)48(40)38-19-11-4-12-20-38;/h1-29,45H;. The minimum Gasteiger partial charge on any atom is -0.355 e. The molecule has 4 aromatic carbocycles. The summed E-state index contributed by atoms with van der Waals surface area (Å²) in [5.41, 5.74) is 15.4. The molecule has 0 spiro atoms. The maximum atomic E-state index is 5.29. The van der Waals surface area contributed by atoms with E-state index in [9.17, 15) is 0 Å². The number of nitrogens with zero attached hydrogens (tertiary/aromatic N) is 3. The molecule has 0 fully saturated rings. The molecule has 2 aliphatic rings. The van der Waals surface area contributed by atoms with Gasteiger partial charge in [-0.3, -0.25) is 0 Å². The predicted molar refractivity (Wildman–Crippen MR) is 200 cm³/mol. The Kier molecular flexibility index (Phi) is 8.40. The number of aromatic amines is 1. The van der Waals surface area contributed by atoms with E-state index in [-0.39, 0.29) is 35.6 Å². The van der Waals surface area contributed by atoms with E-state index in [1.165, 1.54) is 0 Å². The first kappa shape index (κ1) is 31.0. The first-order chi connectivity index (χ1) is 23.8. The molecular formula is C44H30LaN4. The van der Waals surface area contributed by atoms with Gasteiger partial charge in [-0.15, -0.1) is 0 Å². The van der Waals surface area contributed by atoms with Gasteiger partial charge in [-0.25, -0.2) is 9.97 Å². The Labute approximate surface area is 312 Å². The average Bonchev–Trinajstić information content (AvgIpc) is 3.95. The fourth-order valence-electron chi connectivity index (χ4n) is 6.81. The van der Waals surface area contributed by atoms with Crippen molar-refractivity contribution in [3.05, 3.63) is 174 Å². The van der Waals surface area contributed by atoms with Crippen molar-refractivity contribution in [2.24, 2.45) is 0 Å². The molecule has 7 aromatic rings. The SMILES string of the molecule is C1=Cc2cc3c(-c4ccccc4)c(-c4ccccc4)c(c(-c4ccccc4)c4nc(cc5ccc(cc1n2)[nH]5)C=C4)n3-c1ccccc1.[La]. The van der Waals surface area contributed by atoms with Gasteiger partial charge in [0.2, 0.25) is 0 Å². The molecular weight excluding hydrogens is 723 g/mol. The molecule has 8 bridgehead atoms. The number of hydrogen-bond donors (Lipinski definition) is 1. The Hall–Kier alpha value is -5.33. The van der Waals surface area contributed by atoms with E-state index in [0.717, 1.165) is 83.9 Å². The van der Waals surface area contributed by atoms with Crippen molar-refractivity contribution in [1.82, 2.24) is 19.5 Å². The summed E-state index contributed by atoms with van der Waals surface area (Å²) in [4.78, 5) is 13.9. The van der Waals surface area contributed by atoms with Gasteiger partial charge in [0.05, 0.1) is 33.8 Å². The van der Waals surface area contributed by atoms with Crippen molar-refractivity contribution < 1.29 is 35.6 Å². The van der Waals surface area contributed by atoms with Crippen LogP contribution in [0.1, 0.15) is 22.8 Å². The molecule has 0 saturated heterocycles. The first-order valence-electron chi connectivity index (χ1n) is 16.2. The van der Waals surface area contributed by atoms with E-state index in [1.54, 1.807) is 0 Å². The average molecular weight is 754 g/mol. The summed E-state index contributed by atoms with van der Waals surface area (Å²) in [6.07, 6.45) is 8.44. The minimum absolute atomic E-state index is 0. The van der Waals surface area contributed by atoms with E-state index >= 15 is 0 Å². The third kappa shape index (κ3) is 5.87. The van der Waals surface area contributed by atoms with Gasteiger partial charge in [0, 0.05) is 69.0 Å². The van der Waals surface area contributed by atoms with Crippen LogP contribution in [0.3, 0.4) is 0 Å². The van der Waals surface area contributed by atoms with E-state index in [2.05, 4.69) is 186 Å². The van der Waals surface area contributed by atoms with Gasteiger partial charge in [-0.1, -0.05) is 109 Å². The van der Waals surface area contributed by atoms with Crippen LogP contribution in [-0.4, -0.2) is 19.5 Å². The largest absolute Gasteiger partial charge is 0.355 e. The van der Waals surface area contributed by atoms with Gasteiger partial charge in [0.1, 0.15) is 0 Å². The summed E-state index contributed by atoms with van der Waals surface area (Å²) >= 11 is 0. The van der Waals surface area contributed by atoms with E-state index in [0.29, 0.717) is 0 Å². The van der Waals surface area contributed by atoms with Gasteiger partial charge in [0.15, 0.2) is 0 Å². The van der Waals surface area contributed by atoms with Crippen LogP contribution in [0, 0.1) is 35.6 Å². The maximum absolute atomic E-state index is 5.29. The summed E-state index contributed by atoms with van der Waals surface area (Å²) in [6, 6.07) is 53.3. The van der Waals surface area contributed by atoms with Crippen molar-refractivity contribution in [2.75, 3.05) is 0 Å². The Bertz CT molecular complexity index is 2530. The second-order valence-corrected chi connectivity index (χ2v) is 12.0. The van der Waals surface area contributed by atoms with Gasteiger partial charge in [-0.05, 0) is 83.5 Å². The molecule has 9 rings (SSSR count). The molecule has 5 heterocycles. The summed E-state index contributed by atoms with van der Waals surface area (Å²) in [6.45, 7) is 0. The van der Waals surface area contributed by atoms with E-state index < -0.39 is 0 Å². The quantitative estimate of drug-likeness (QED) is 0.195. The van der Waals surface area contributed by atoms with Crippen molar-refractivity contribution in [2.45, 2.75) is 0 Å². The Morgan fingerprint density at radius 1 is 0.429 bits per heavy atom. The Balaban J connectivity index is 0.00000348. The van der Waals surface area contributed by atoms with Crippen LogP contribution in [-0.2, 0) is 0 Å². The topological polar surface area (TPSA) is 46.5 Å². The molecule has 3 aromatic heterocycles. The van der Waals surface area contributed by atoms with Crippen molar-refractivity contribution in [3.63, 3.8) is 0 Å². The number of aromatic nitrogens is 4. The van der Waals surface area contributed by atoms with Crippen LogP contribution >= 0.6 is 0 Å². The monoisotopic (exact) mass is 753 g/mol. The number of benzene rings is 4. The summed E-state index contributed by atoms with van der Waals surface area (Å²) < 4.78 is 2.41. The third-order valence-electron chi connectivity index (χ3n) is 8.87. The molecule has 229 valence electrons. The molecule has 49 heavy (non-hydrogen) atoms. The van der Waals surface area contributed by atoms with E-state index in [1.807, 2.05) is 0 Å². The maximum Gasteiger partial charge on any atom is 0.0737 e. The fourth-order valence-corrected chi connectivity index (χ4v) is 6.81. The zero-order valence-corrected chi connectivity index (χ0v) is 30.3. The predicted octanol–water partition coefficient (Wildman–Crippen LogP) is 11.1. The second-order valence-electron chi connectivity index (χ2n) is 12.0. The van der Waals surface area contributed by atoms with E-state index in [4.69, 9.17) is 9.97 Å². The van der Waals surface area contributed by atoms with Gasteiger partial charge < -0.3 is 9.55 Å². The van der Waals surface area contributed by atoms with Crippen LogP contribution in [0.15, 0.2) is 152 Å². The smallest absolute Gasteiger partial charge is 0.0737 e.